The minimum absolute atomic E-state index is 0.217. The summed E-state index contributed by atoms with van der Waals surface area (Å²) in [5.41, 5.74) is 3.11. The van der Waals surface area contributed by atoms with E-state index in [2.05, 4.69) is 40.9 Å². The number of rotatable bonds is 3. The highest BCUT2D eigenvalue weighted by Gasteiger charge is 2.24. The largest absolute Gasteiger partial charge is 0.457 e. The van der Waals surface area contributed by atoms with Crippen molar-refractivity contribution in [3.8, 4) is 0 Å². The third kappa shape index (κ3) is 3.39. The molecule has 0 radical (unpaired) electrons. The lowest BCUT2D eigenvalue weighted by Crippen LogP contribution is -2.09. The van der Waals surface area contributed by atoms with E-state index in [-0.39, 0.29) is 5.92 Å². The molecule has 0 N–H and O–H groups in total. The van der Waals surface area contributed by atoms with Gasteiger partial charge < -0.3 is 4.74 Å². The summed E-state index contributed by atoms with van der Waals surface area (Å²) >= 11 is 0. The van der Waals surface area contributed by atoms with Crippen LogP contribution in [0.4, 0.5) is 0 Å². The average Bonchev–Trinajstić information content (AvgIpc) is 2.86. The number of allylic oxidation sites excluding steroid dienone is 5. The molecule has 116 valence electrons. The fourth-order valence-electron chi connectivity index (χ4n) is 2.78. The Morgan fingerprint density at radius 3 is 3.13 bits per heavy atom. The number of ether oxygens (including phenoxy) is 1. The molecule has 1 aromatic heterocycles. The standard InChI is InChI=1S/C20H20N2O/c1-3-21-14-16-9-7-11-18(19-12-4-5-13-22-19)20-17(16)10-6-8-15(2)23-20/h3-9,11-13,16H,2,10,14H2,1H3/b21-3-. The molecule has 1 aromatic rings. The quantitative estimate of drug-likeness (QED) is 0.771. The minimum Gasteiger partial charge on any atom is -0.457 e. The van der Waals surface area contributed by atoms with Crippen LogP contribution in [-0.4, -0.2) is 17.7 Å². The number of aliphatic imine (C=N–C) groups is 1. The molecule has 2 heterocycles. The van der Waals surface area contributed by atoms with Gasteiger partial charge in [0.2, 0.25) is 0 Å². The van der Waals surface area contributed by atoms with Crippen molar-refractivity contribution < 1.29 is 4.74 Å². The van der Waals surface area contributed by atoms with Crippen LogP contribution in [0.5, 0.6) is 0 Å². The molecule has 0 spiro atoms. The van der Waals surface area contributed by atoms with E-state index in [9.17, 15) is 0 Å². The zero-order valence-corrected chi connectivity index (χ0v) is 13.3. The maximum absolute atomic E-state index is 6.07. The average molecular weight is 304 g/mol. The molecule has 0 saturated heterocycles. The van der Waals surface area contributed by atoms with Crippen LogP contribution in [0.15, 0.2) is 83.4 Å². The van der Waals surface area contributed by atoms with E-state index in [1.165, 1.54) is 5.57 Å². The second-order valence-corrected chi connectivity index (χ2v) is 5.44. The molecule has 2 aliphatic rings. The van der Waals surface area contributed by atoms with Gasteiger partial charge in [0.25, 0.3) is 0 Å². The van der Waals surface area contributed by atoms with Crippen molar-refractivity contribution in [3.05, 3.63) is 84.1 Å². The highest BCUT2D eigenvalue weighted by Crippen LogP contribution is 2.36. The lowest BCUT2D eigenvalue weighted by molar-refractivity contribution is 0.335. The first-order valence-electron chi connectivity index (χ1n) is 7.80. The van der Waals surface area contributed by atoms with Gasteiger partial charge in [0.05, 0.1) is 5.69 Å². The third-order valence-electron chi connectivity index (χ3n) is 3.89. The zero-order chi connectivity index (χ0) is 16.1. The lowest BCUT2D eigenvalue weighted by atomic mass is 9.93. The number of aromatic nitrogens is 1. The Kier molecular flexibility index (Phi) is 4.67. The predicted octanol–water partition coefficient (Wildman–Crippen LogP) is 4.49. The van der Waals surface area contributed by atoms with Crippen molar-refractivity contribution in [2.24, 2.45) is 10.9 Å². The second-order valence-electron chi connectivity index (χ2n) is 5.44. The number of hydrogen-bond donors (Lipinski definition) is 0. The molecule has 1 aliphatic heterocycles. The summed E-state index contributed by atoms with van der Waals surface area (Å²) in [7, 11) is 0. The molecule has 0 fully saturated rings. The van der Waals surface area contributed by atoms with Gasteiger partial charge in [-0.1, -0.05) is 30.9 Å². The van der Waals surface area contributed by atoms with E-state index in [0.29, 0.717) is 5.76 Å². The molecular formula is C20H20N2O. The van der Waals surface area contributed by atoms with E-state index >= 15 is 0 Å². The van der Waals surface area contributed by atoms with Crippen LogP contribution in [-0.2, 0) is 4.74 Å². The van der Waals surface area contributed by atoms with Crippen LogP contribution in [0, 0.1) is 5.92 Å². The molecule has 0 saturated carbocycles. The molecule has 0 amide bonds. The second kappa shape index (κ2) is 7.05. The summed E-state index contributed by atoms with van der Waals surface area (Å²) in [6.07, 6.45) is 14.8. The van der Waals surface area contributed by atoms with Crippen molar-refractivity contribution >= 4 is 11.8 Å². The number of pyridine rings is 1. The van der Waals surface area contributed by atoms with E-state index in [1.807, 2.05) is 37.4 Å². The van der Waals surface area contributed by atoms with Crippen LogP contribution >= 0.6 is 0 Å². The molecular weight excluding hydrogens is 284 g/mol. The van der Waals surface area contributed by atoms with E-state index in [1.54, 1.807) is 6.20 Å². The molecule has 0 aromatic carbocycles. The smallest absolute Gasteiger partial charge is 0.136 e. The van der Waals surface area contributed by atoms with Crippen molar-refractivity contribution in [3.63, 3.8) is 0 Å². The van der Waals surface area contributed by atoms with Gasteiger partial charge in [-0.3, -0.25) is 9.98 Å². The van der Waals surface area contributed by atoms with E-state index < -0.39 is 0 Å². The van der Waals surface area contributed by atoms with Crippen molar-refractivity contribution in [2.75, 3.05) is 6.54 Å². The molecule has 1 unspecified atom stereocenters. The summed E-state index contributed by atoms with van der Waals surface area (Å²) in [5, 5.41) is 0. The first kappa shape index (κ1) is 15.2. The number of nitrogens with zero attached hydrogens (tertiary/aromatic N) is 2. The summed E-state index contributed by atoms with van der Waals surface area (Å²) < 4.78 is 6.07. The van der Waals surface area contributed by atoms with Gasteiger partial charge in [0.1, 0.15) is 11.5 Å². The van der Waals surface area contributed by atoms with Crippen molar-refractivity contribution in [1.82, 2.24) is 4.98 Å². The molecule has 23 heavy (non-hydrogen) atoms. The Balaban J connectivity index is 2.09. The van der Waals surface area contributed by atoms with Crippen molar-refractivity contribution in [2.45, 2.75) is 13.3 Å². The Morgan fingerprint density at radius 1 is 1.43 bits per heavy atom. The van der Waals surface area contributed by atoms with Gasteiger partial charge in [-0.25, -0.2) is 0 Å². The van der Waals surface area contributed by atoms with Gasteiger partial charge in [-0.05, 0) is 49.4 Å². The van der Waals surface area contributed by atoms with E-state index in [0.717, 1.165) is 30.0 Å². The zero-order valence-electron chi connectivity index (χ0n) is 13.3. The van der Waals surface area contributed by atoms with Gasteiger partial charge >= 0.3 is 0 Å². The topological polar surface area (TPSA) is 34.5 Å². The Bertz CT molecular complexity index is 736. The van der Waals surface area contributed by atoms with Crippen LogP contribution in [0.1, 0.15) is 19.0 Å². The maximum Gasteiger partial charge on any atom is 0.136 e. The van der Waals surface area contributed by atoms with Gasteiger partial charge in [0, 0.05) is 24.2 Å². The highest BCUT2D eigenvalue weighted by molar-refractivity contribution is 5.78. The maximum atomic E-state index is 6.07. The summed E-state index contributed by atoms with van der Waals surface area (Å²) in [4.78, 5) is 8.91. The van der Waals surface area contributed by atoms with Crippen LogP contribution < -0.4 is 0 Å². The first-order chi connectivity index (χ1) is 11.3. The normalized spacial score (nSPS) is 20.8. The molecule has 3 nitrogen and oxygen atoms in total. The summed E-state index contributed by atoms with van der Waals surface area (Å²) in [6.45, 7) is 6.63. The van der Waals surface area contributed by atoms with Crippen LogP contribution in [0.3, 0.4) is 0 Å². The van der Waals surface area contributed by atoms with Crippen molar-refractivity contribution in [1.29, 1.82) is 0 Å². The van der Waals surface area contributed by atoms with Gasteiger partial charge in [0.15, 0.2) is 0 Å². The highest BCUT2D eigenvalue weighted by atomic mass is 16.5. The Morgan fingerprint density at radius 2 is 2.35 bits per heavy atom. The molecule has 3 rings (SSSR count). The van der Waals surface area contributed by atoms with Crippen LogP contribution in [0.2, 0.25) is 0 Å². The van der Waals surface area contributed by atoms with E-state index in [4.69, 9.17) is 4.74 Å². The molecule has 0 bridgehead atoms. The predicted molar refractivity (Wildman–Crippen MR) is 94.9 cm³/mol. The Labute approximate surface area is 137 Å². The summed E-state index contributed by atoms with van der Waals surface area (Å²) in [5.74, 6) is 1.73. The summed E-state index contributed by atoms with van der Waals surface area (Å²) in [6, 6.07) is 5.90. The monoisotopic (exact) mass is 304 g/mol. The fourth-order valence-corrected chi connectivity index (χ4v) is 2.78. The van der Waals surface area contributed by atoms with Crippen LogP contribution in [0.25, 0.3) is 5.57 Å². The fraction of sp³-hybridized carbons (Fsp3) is 0.200. The number of hydrogen-bond acceptors (Lipinski definition) is 3. The first-order valence-corrected chi connectivity index (χ1v) is 7.80. The molecule has 1 atom stereocenters. The Hall–Kier alpha value is -2.68. The third-order valence-corrected chi connectivity index (χ3v) is 3.89. The van der Waals surface area contributed by atoms with Gasteiger partial charge in [-0.2, -0.15) is 0 Å². The lowest BCUT2D eigenvalue weighted by Gasteiger charge is -2.19. The SMILES string of the molecule is C=C1C=CCC2=C(O1)C(c1ccccn1)=CC=CC2C/N=C\C. The minimum atomic E-state index is 0.217. The molecule has 1 aliphatic carbocycles. The van der Waals surface area contributed by atoms with Gasteiger partial charge in [-0.15, -0.1) is 0 Å². The molecule has 3 heteroatoms.